The third-order valence-corrected chi connectivity index (χ3v) is 5.28. The molecule has 8 nitrogen and oxygen atoms in total. The molecule has 0 aromatic carbocycles. The summed E-state index contributed by atoms with van der Waals surface area (Å²) in [5.41, 5.74) is 0.285. The minimum absolute atomic E-state index is 0.0197. The molecule has 11 heteroatoms. The van der Waals surface area contributed by atoms with E-state index in [1.807, 2.05) is 0 Å². The summed E-state index contributed by atoms with van der Waals surface area (Å²) < 4.78 is 44.3. The van der Waals surface area contributed by atoms with Crippen LogP contribution >= 0.6 is 0 Å². The van der Waals surface area contributed by atoms with Gasteiger partial charge in [0, 0.05) is 18.9 Å². The first kappa shape index (κ1) is 22.6. The predicted molar refractivity (Wildman–Crippen MR) is 103 cm³/mol. The third kappa shape index (κ3) is 5.53. The smallest absolute Gasteiger partial charge is 0.391 e. The van der Waals surface area contributed by atoms with Crippen molar-refractivity contribution < 1.29 is 32.6 Å². The number of hydrogen-bond acceptors (Lipinski definition) is 6. The Morgan fingerprint density at radius 2 is 1.94 bits per heavy atom. The lowest BCUT2D eigenvalue weighted by Gasteiger charge is -2.29. The van der Waals surface area contributed by atoms with Gasteiger partial charge in [0.15, 0.2) is 11.6 Å². The van der Waals surface area contributed by atoms with E-state index in [-0.39, 0.29) is 54.6 Å². The van der Waals surface area contributed by atoms with E-state index in [4.69, 9.17) is 4.74 Å². The zero-order chi connectivity index (χ0) is 22.6. The fourth-order valence-electron chi connectivity index (χ4n) is 3.54. The van der Waals surface area contributed by atoms with E-state index >= 15 is 0 Å². The van der Waals surface area contributed by atoms with Crippen molar-refractivity contribution in [1.82, 2.24) is 20.1 Å². The third-order valence-electron chi connectivity index (χ3n) is 5.28. The van der Waals surface area contributed by atoms with Crippen molar-refractivity contribution in [3.63, 3.8) is 0 Å². The van der Waals surface area contributed by atoms with Gasteiger partial charge < -0.3 is 15.2 Å². The number of pyridine rings is 1. The first-order chi connectivity index (χ1) is 14.7. The normalized spacial score (nSPS) is 19.1. The maximum Gasteiger partial charge on any atom is 0.391 e. The number of nitrogens with zero attached hydrogens (tertiary/aromatic N) is 3. The van der Waals surface area contributed by atoms with Crippen LogP contribution in [0.25, 0.3) is 5.82 Å². The van der Waals surface area contributed by atoms with E-state index in [0.29, 0.717) is 12.8 Å². The molecule has 0 radical (unpaired) electrons. The number of esters is 1. The lowest BCUT2D eigenvalue weighted by atomic mass is 9.81. The molecule has 0 spiro atoms. The first-order valence-electron chi connectivity index (χ1n) is 9.95. The van der Waals surface area contributed by atoms with Crippen LogP contribution in [0, 0.1) is 11.8 Å². The quantitative estimate of drug-likeness (QED) is 0.668. The maximum absolute atomic E-state index is 12.7. The van der Waals surface area contributed by atoms with Crippen molar-refractivity contribution in [2.75, 3.05) is 13.2 Å². The molecule has 0 aliphatic heterocycles. The lowest BCUT2D eigenvalue weighted by molar-refractivity contribution is -0.183. The summed E-state index contributed by atoms with van der Waals surface area (Å²) in [7, 11) is 0. The van der Waals surface area contributed by atoms with E-state index in [1.54, 1.807) is 6.92 Å². The summed E-state index contributed by atoms with van der Waals surface area (Å²) in [6, 6.07) is 1.21. The molecule has 0 bridgehead atoms. The molecule has 1 aliphatic carbocycles. The highest BCUT2D eigenvalue weighted by Gasteiger charge is 2.41. The number of halogens is 3. The largest absolute Gasteiger partial charge is 0.504 e. The lowest BCUT2D eigenvalue weighted by Crippen LogP contribution is -2.34. The average Bonchev–Trinajstić information content (AvgIpc) is 3.22. The van der Waals surface area contributed by atoms with Crippen molar-refractivity contribution in [2.24, 2.45) is 11.8 Å². The molecule has 1 aliphatic rings. The molecule has 2 N–H and O–H groups in total. The van der Waals surface area contributed by atoms with Gasteiger partial charge in [-0.2, -0.15) is 18.3 Å². The first-order valence-corrected chi connectivity index (χ1v) is 9.95. The Morgan fingerprint density at radius 3 is 2.55 bits per heavy atom. The van der Waals surface area contributed by atoms with Crippen LogP contribution in [0.3, 0.4) is 0 Å². The molecule has 1 fully saturated rings. The van der Waals surface area contributed by atoms with Crippen molar-refractivity contribution in [3.8, 4) is 11.6 Å². The van der Waals surface area contributed by atoms with Crippen LogP contribution in [-0.2, 0) is 4.74 Å². The topological polar surface area (TPSA) is 106 Å². The Kier molecular flexibility index (Phi) is 6.81. The van der Waals surface area contributed by atoms with Gasteiger partial charge in [0.25, 0.3) is 5.91 Å². The van der Waals surface area contributed by atoms with Crippen LogP contribution in [0.15, 0.2) is 24.7 Å². The molecule has 0 unspecified atom stereocenters. The molecular weight excluding hydrogens is 417 g/mol. The van der Waals surface area contributed by atoms with Crippen LogP contribution in [0.1, 0.15) is 53.3 Å². The van der Waals surface area contributed by atoms with Crippen LogP contribution in [0.5, 0.6) is 5.75 Å². The molecule has 2 aromatic heterocycles. The minimum atomic E-state index is -4.16. The van der Waals surface area contributed by atoms with Crippen molar-refractivity contribution in [2.45, 2.75) is 38.8 Å². The average molecular weight is 440 g/mol. The van der Waals surface area contributed by atoms with Gasteiger partial charge >= 0.3 is 12.1 Å². The number of aromatic hydroxyl groups is 1. The molecule has 1 amide bonds. The summed E-state index contributed by atoms with van der Waals surface area (Å²) in [4.78, 5) is 28.1. The molecule has 31 heavy (non-hydrogen) atoms. The molecule has 2 aromatic rings. The van der Waals surface area contributed by atoms with E-state index in [9.17, 15) is 27.9 Å². The number of aromatic nitrogens is 3. The Bertz CT molecular complexity index is 937. The molecule has 0 atom stereocenters. The van der Waals surface area contributed by atoms with Gasteiger partial charge in [0.1, 0.15) is 0 Å². The Morgan fingerprint density at radius 1 is 1.23 bits per heavy atom. The molecule has 1 saturated carbocycles. The summed E-state index contributed by atoms with van der Waals surface area (Å²) >= 11 is 0. The standard InChI is InChI=1S/C20H23F3N4O4/c1-2-31-19(30)14-10-26-27(11-14)17-16(28)7-13(9-24-17)18(29)25-8-12-3-5-15(6-4-12)20(21,22)23/h7,9-12,15,28H,2-6,8H2,1H3,(H,25,29). The van der Waals surface area contributed by atoms with Crippen molar-refractivity contribution in [3.05, 3.63) is 35.8 Å². The molecule has 168 valence electrons. The van der Waals surface area contributed by atoms with Crippen LogP contribution in [-0.4, -0.2) is 51.1 Å². The minimum Gasteiger partial charge on any atom is -0.504 e. The molecule has 2 heterocycles. The predicted octanol–water partition coefficient (Wildman–Crippen LogP) is 3.25. The van der Waals surface area contributed by atoms with E-state index in [1.165, 1.54) is 29.3 Å². The zero-order valence-electron chi connectivity index (χ0n) is 16.9. The summed E-state index contributed by atoms with van der Waals surface area (Å²) in [5.74, 6) is -2.63. The number of amides is 1. The number of rotatable bonds is 6. The summed E-state index contributed by atoms with van der Waals surface area (Å²) in [6.07, 6.45) is 0.632. The summed E-state index contributed by atoms with van der Waals surface area (Å²) in [6.45, 7) is 2.14. The highest BCUT2D eigenvalue weighted by Crippen LogP contribution is 2.39. The van der Waals surface area contributed by atoms with Crippen LogP contribution in [0.2, 0.25) is 0 Å². The number of alkyl halides is 3. The van der Waals surface area contributed by atoms with Gasteiger partial charge in [0.05, 0.1) is 29.8 Å². The highest BCUT2D eigenvalue weighted by atomic mass is 19.4. The molecule has 3 rings (SSSR count). The number of hydrogen-bond donors (Lipinski definition) is 2. The second kappa shape index (κ2) is 9.36. The Balaban J connectivity index is 1.57. The van der Waals surface area contributed by atoms with Gasteiger partial charge in [-0.15, -0.1) is 0 Å². The fraction of sp³-hybridized carbons (Fsp3) is 0.500. The number of nitrogens with one attached hydrogen (secondary N) is 1. The maximum atomic E-state index is 12.7. The number of carbonyl (C=O) groups is 2. The van der Waals surface area contributed by atoms with Crippen LogP contribution < -0.4 is 5.32 Å². The fourth-order valence-corrected chi connectivity index (χ4v) is 3.54. The van der Waals surface area contributed by atoms with Gasteiger partial charge in [-0.3, -0.25) is 4.79 Å². The Hall–Kier alpha value is -3.11. The second-order valence-electron chi connectivity index (χ2n) is 7.43. The second-order valence-corrected chi connectivity index (χ2v) is 7.43. The zero-order valence-corrected chi connectivity index (χ0v) is 16.9. The van der Waals surface area contributed by atoms with Gasteiger partial charge in [-0.1, -0.05) is 0 Å². The highest BCUT2D eigenvalue weighted by molar-refractivity contribution is 5.94. The van der Waals surface area contributed by atoms with Gasteiger partial charge in [-0.25, -0.2) is 14.5 Å². The van der Waals surface area contributed by atoms with Gasteiger partial charge in [-0.05, 0) is 44.6 Å². The summed E-state index contributed by atoms with van der Waals surface area (Å²) in [5, 5.41) is 16.9. The number of ether oxygens (including phenoxy) is 1. The van der Waals surface area contributed by atoms with E-state index in [2.05, 4.69) is 15.4 Å². The van der Waals surface area contributed by atoms with E-state index in [0.717, 1.165) is 0 Å². The Labute approximate surface area is 176 Å². The van der Waals surface area contributed by atoms with Gasteiger partial charge in [0.2, 0.25) is 0 Å². The molecule has 0 saturated heterocycles. The van der Waals surface area contributed by atoms with Crippen molar-refractivity contribution in [1.29, 1.82) is 0 Å². The van der Waals surface area contributed by atoms with Crippen LogP contribution in [0.4, 0.5) is 13.2 Å². The van der Waals surface area contributed by atoms with Crippen molar-refractivity contribution >= 4 is 11.9 Å². The monoisotopic (exact) mass is 440 g/mol. The molecular formula is C20H23F3N4O4. The van der Waals surface area contributed by atoms with E-state index < -0.39 is 24.0 Å². The SMILES string of the molecule is CCOC(=O)c1cnn(-c2ncc(C(=O)NCC3CCC(C(F)(F)F)CC3)cc2O)c1. The number of carbonyl (C=O) groups excluding carboxylic acids is 2.